The average Bonchev–Trinajstić information content (AvgIpc) is 2.34. The Labute approximate surface area is 135 Å². The summed E-state index contributed by atoms with van der Waals surface area (Å²) < 4.78 is 5.11. The zero-order valence-electron chi connectivity index (χ0n) is 11.5. The van der Waals surface area contributed by atoms with Crippen molar-refractivity contribution in [3.8, 4) is 5.75 Å². The first-order valence-corrected chi connectivity index (χ1v) is 12.2. The van der Waals surface area contributed by atoms with Crippen molar-refractivity contribution < 1.29 is 33.9 Å². The van der Waals surface area contributed by atoms with Gasteiger partial charge in [0.25, 0.3) is 0 Å². The van der Waals surface area contributed by atoms with Gasteiger partial charge in [0.1, 0.15) is 0 Å². The molecule has 0 heterocycles. The summed E-state index contributed by atoms with van der Waals surface area (Å²) in [5.74, 6) is 0.622. The van der Waals surface area contributed by atoms with Gasteiger partial charge in [-0.25, -0.2) is 0 Å². The van der Waals surface area contributed by atoms with E-state index in [0.29, 0.717) is 19.8 Å². The maximum atomic E-state index is 9.13. The molecule has 0 fully saturated rings. The van der Waals surface area contributed by atoms with Gasteiger partial charge in [-0.05, 0) is 0 Å². The quantitative estimate of drug-likeness (QED) is 0.324. The molecule has 0 saturated heterocycles. The van der Waals surface area contributed by atoms with Gasteiger partial charge < -0.3 is 0 Å². The second kappa shape index (κ2) is 8.83. The molecule has 0 spiro atoms. The number of hydrogen-bond donors (Lipinski definition) is 6. The Hall–Kier alpha value is 0.120. The molecule has 0 aliphatic rings. The molecule has 8 nitrogen and oxygen atoms in total. The van der Waals surface area contributed by atoms with Gasteiger partial charge in [-0.3, -0.25) is 0 Å². The third-order valence-corrected chi connectivity index (χ3v) is 4.91. The van der Waals surface area contributed by atoms with Crippen LogP contribution in [0.15, 0.2) is 24.3 Å². The molecule has 0 aliphatic carbocycles. The van der Waals surface area contributed by atoms with Crippen LogP contribution in [0.3, 0.4) is 0 Å². The fourth-order valence-electron chi connectivity index (χ4n) is 1.86. The van der Waals surface area contributed by atoms with Crippen molar-refractivity contribution >= 4 is 35.3 Å². The van der Waals surface area contributed by atoms with Gasteiger partial charge >= 0.3 is 135 Å². The molecule has 0 aliphatic heterocycles. The van der Waals surface area contributed by atoms with Crippen molar-refractivity contribution in [2.24, 2.45) is 0 Å². The molecule has 12 heteroatoms. The van der Waals surface area contributed by atoms with Crippen molar-refractivity contribution in [3.05, 3.63) is 29.8 Å². The summed E-state index contributed by atoms with van der Waals surface area (Å²) in [7, 11) is -8.42. The molecule has 1 aromatic rings. The van der Waals surface area contributed by atoms with E-state index in [1.54, 1.807) is 24.3 Å². The minimum atomic E-state index is -4.40. The topological polar surface area (TPSA) is 134 Å². The van der Waals surface area contributed by atoms with E-state index in [4.69, 9.17) is 33.9 Å². The summed E-state index contributed by atoms with van der Waals surface area (Å²) in [6.07, 6.45) is -0.584. The Morgan fingerprint density at radius 1 is 0.955 bits per heavy atom. The predicted molar refractivity (Wildman–Crippen MR) is 91.4 cm³/mol. The molecular weight excluding hydrogens is 371 g/mol. The van der Waals surface area contributed by atoms with Crippen LogP contribution in [0.5, 0.6) is 5.75 Å². The molecular formula is C10H20NO7P3S. The monoisotopic (exact) mass is 391 g/mol. The molecule has 1 rings (SSSR count). The van der Waals surface area contributed by atoms with Crippen LogP contribution in [0.2, 0.25) is 0 Å². The Kier molecular flexibility index (Phi) is 8.09. The van der Waals surface area contributed by atoms with E-state index < -0.39 is 28.5 Å². The first kappa shape index (κ1) is 20.2. The molecule has 0 unspecified atom stereocenters. The molecule has 22 heavy (non-hydrogen) atoms. The zero-order valence-corrected chi connectivity index (χ0v) is 15.2. The Morgan fingerprint density at radius 3 is 1.86 bits per heavy atom. The van der Waals surface area contributed by atoms with Gasteiger partial charge in [-0.1, -0.05) is 0 Å². The molecule has 0 saturated carbocycles. The van der Waals surface area contributed by atoms with Gasteiger partial charge in [-0.2, -0.15) is 0 Å². The Balaban J connectivity index is 2.63. The summed E-state index contributed by atoms with van der Waals surface area (Å²) in [4.78, 5) is 56.0. The molecule has 0 bridgehead atoms. The van der Waals surface area contributed by atoms with Crippen LogP contribution in [0.25, 0.3) is 0 Å². The number of hydrogen-bond acceptors (Lipinski definition) is 9. The summed E-state index contributed by atoms with van der Waals surface area (Å²) >= 11 is 4.66. The first-order valence-electron chi connectivity index (χ1n) is 6.24. The molecule has 0 radical (unpaired) electrons. The van der Waals surface area contributed by atoms with Crippen LogP contribution < -0.4 is 4.52 Å². The molecule has 6 N–H and O–H groups in total. The van der Waals surface area contributed by atoms with Gasteiger partial charge in [-0.15, -0.1) is 0 Å². The van der Waals surface area contributed by atoms with Crippen molar-refractivity contribution in [2.75, 3.05) is 19.1 Å². The van der Waals surface area contributed by atoms with E-state index in [1.807, 2.05) is 0 Å². The van der Waals surface area contributed by atoms with Crippen molar-refractivity contribution in [3.63, 3.8) is 0 Å². The first-order chi connectivity index (χ1) is 10.1. The van der Waals surface area contributed by atoms with E-state index in [0.717, 1.165) is 5.56 Å². The van der Waals surface area contributed by atoms with Crippen molar-refractivity contribution in [2.45, 2.75) is 6.42 Å². The second-order valence-electron chi connectivity index (χ2n) is 4.82. The normalized spacial score (nSPS) is 14.3. The predicted octanol–water partition coefficient (Wildman–Crippen LogP) is 0.0916. The zero-order chi connectivity index (χ0) is 16.8. The average molecular weight is 391 g/mol. The molecule has 128 valence electrons. The van der Waals surface area contributed by atoms with Gasteiger partial charge in [0.15, 0.2) is 0 Å². The SMILES string of the molecule is O[PH](O)(O)CN(CCc1ccc(OP=S)cc1)C[PH](O)(O)O. The fourth-order valence-corrected chi connectivity index (χ4v) is 4.29. The summed E-state index contributed by atoms with van der Waals surface area (Å²) in [6, 6.07) is 7.03. The van der Waals surface area contributed by atoms with Gasteiger partial charge in [0.2, 0.25) is 0 Å². The van der Waals surface area contributed by atoms with E-state index in [2.05, 4.69) is 11.8 Å². The van der Waals surface area contributed by atoms with Crippen molar-refractivity contribution in [1.82, 2.24) is 4.90 Å². The van der Waals surface area contributed by atoms with Gasteiger partial charge in [0.05, 0.1) is 0 Å². The number of rotatable bonds is 9. The number of benzene rings is 1. The van der Waals surface area contributed by atoms with Gasteiger partial charge in [0, 0.05) is 0 Å². The molecule has 1 aromatic carbocycles. The van der Waals surface area contributed by atoms with Crippen molar-refractivity contribution in [1.29, 1.82) is 0 Å². The van der Waals surface area contributed by atoms with E-state index in [9.17, 15) is 0 Å². The molecule has 0 aromatic heterocycles. The van der Waals surface area contributed by atoms with Crippen LogP contribution in [-0.2, 0) is 18.2 Å². The van der Waals surface area contributed by atoms with Crippen LogP contribution >= 0.6 is 23.5 Å². The Bertz CT molecular complexity index is 461. The third-order valence-electron chi connectivity index (χ3n) is 2.65. The summed E-state index contributed by atoms with van der Waals surface area (Å²) in [5, 5.41) is 0. The second-order valence-corrected chi connectivity index (χ2v) is 9.33. The number of nitrogens with zero attached hydrogens (tertiary/aromatic N) is 1. The third kappa shape index (κ3) is 9.30. The molecule has 0 amide bonds. The van der Waals surface area contributed by atoms with E-state index >= 15 is 0 Å². The van der Waals surface area contributed by atoms with Crippen LogP contribution in [0, 0.1) is 0 Å². The minimum absolute atomic E-state index is 0.201. The fraction of sp³-hybridized carbons (Fsp3) is 0.400. The standard InChI is InChI=1S/C10H20NO7P3S/c12-20(13,14)7-11(8-21(15,16)17)6-5-9-1-3-10(4-2-9)18-19-22/h1-4,12-17,20-21H,5-8H2. The Morgan fingerprint density at radius 2 is 1.45 bits per heavy atom. The van der Waals surface area contributed by atoms with Crippen LogP contribution in [0.1, 0.15) is 5.56 Å². The summed E-state index contributed by atoms with van der Waals surface area (Å²) in [5.41, 5.74) is 0.889. The van der Waals surface area contributed by atoms with E-state index in [-0.39, 0.29) is 6.54 Å². The van der Waals surface area contributed by atoms with Crippen LogP contribution in [-0.4, -0.2) is 53.4 Å². The van der Waals surface area contributed by atoms with Crippen LogP contribution in [0.4, 0.5) is 0 Å². The van der Waals surface area contributed by atoms with E-state index in [1.165, 1.54) is 4.90 Å². The maximum absolute atomic E-state index is 9.13. The summed E-state index contributed by atoms with van der Waals surface area (Å²) in [6.45, 7) is 0.201. The molecule has 0 atom stereocenters.